The Hall–Kier alpha value is -1.03. The summed E-state index contributed by atoms with van der Waals surface area (Å²) in [5.74, 6) is 0.651. The van der Waals surface area contributed by atoms with E-state index in [1.54, 1.807) is 18.2 Å². The lowest BCUT2D eigenvalue weighted by molar-refractivity contribution is 0.259. The Balaban J connectivity index is 2.13. The fourth-order valence-electron chi connectivity index (χ4n) is 1.58. The monoisotopic (exact) mass is 326 g/mol. The van der Waals surface area contributed by atoms with Gasteiger partial charge in [0.15, 0.2) is 0 Å². The molecule has 2 rings (SSSR count). The smallest absolute Gasteiger partial charge is 0.125 e. The number of halogens is 2. The SMILES string of the molecule is OCc1cc(Cl)ccc1OCc1ccccc1Br. The molecule has 4 heteroatoms. The van der Waals surface area contributed by atoms with Crippen molar-refractivity contribution in [2.24, 2.45) is 0 Å². The molecule has 2 nitrogen and oxygen atoms in total. The first kappa shape index (κ1) is 13.4. The molecule has 2 aromatic carbocycles. The van der Waals surface area contributed by atoms with Crippen LogP contribution in [0.15, 0.2) is 46.9 Å². The van der Waals surface area contributed by atoms with Gasteiger partial charge < -0.3 is 9.84 Å². The fourth-order valence-corrected chi connectivity index (χ4v) is 2.18. The third-order valence-corrected chi connectivity index (χ3v) is 3.54. The molecule has 0 spiro atoms. The van der Waals surface area contributed by atoms with Gasteiger partial charge in [-0.05, 0) is 24.3 Å². The van der Waals surface area contributed by atoms with E-state index in [0.717, 1.165) is 10.0 Å². The van der Waals surface area contributed by atoms with Crippen molar-refractivity contribution in [3.05, 3.63) is 63.1 Å². The Morgan fingerprint density at radius 3 is 2.61 bits per heavy atom. The first-order valence-corrected chi connectivity index (χ1v) is 6.63. The van der Waals surface area contributed by atoms with Crippen LogP contribution in [0, 0.1) is 0 Å². The average Bonchev–Trinajstić information content (AvgIpc) is 2.39. The van der Waals surface area contributed by atoms with Gasteiger partial charge in [-0.2, -0.15) is 0 Å². The standard InChI is InChI=1S/C14H12BrClO2/c15-13-4-2-1-3-10(13)9-18-14-6-5-12(16)7-11(14)8-17/h1-7,17H,8-9H2. The number of aliphatic hydroxyl groups is 1. The predicted molar refractivity (Wildman–Crippen MR) is 75.8 cm³/mol. The van der Waals surface area contributed by atoms with Crippen molar-refractivity contribution in [3.8, 4) is 5.75 Å². The molecular weight excluding hydrogens is 316 g/mol. The molecule has 0 saturated heterocycles. The van der Waals surface area contributed by atoms with Crippen LogP contribution >= 0.6 is 27.5 Å². The highest BCUT2D eigenvalue weighted by atomic mass is 79.9. The van der Waals surface area contributed by atoms with E-state index in [-0.39, 0.29) is 6.61 Å². The summed E-state index contributed by atoms with van der Waals surface area (Å²) in [5.41, 5.74) is 1.74. The molecule has 0 aromatic heterocycles. The molecule has 0 saturated carbocycles. The number of benzene rings is 2. The maximum atomic E-state index is 9.25. The zero-order valence-corrected chi connectivity index (χ0v) is 11.9. The zero-order valence-electron chi connectivity index (χ0n) is 9.57. The molecule has 0 aliphatic carbocycles. The van der Waals surface area contributed by atoms with Crippen molar-refractivity contribution in [2.45, 2.75) is 13.2 Å². The number of hydrogen-bond acceptors (Lipinski definition) is 2. The van der Waals surface area contributed by atoms with Crippen molar-refractivity contribution in [1.82, 2.24) is 0 Å². The molecule has 18 heavy (non-hydrogen) atoms. The second kappa shape index (κ2) is 6.23. The van der Waals surface area contributed by atoms with Crippen LogP contribution in [0.2, 0.25) is 5.02 Å². The minimum absolute atomic E-state index is 0.0914. The Kier molecular flexibility index (Phi) is 4.64. The van der Waals surface area contributed by atoms with Gasteiger partial charge in [-0.3, -0.25) is 0 Å². The maximum absolute atomic E-state index is 9.25. The molecule has 0 radical (unpaired) electrons. The average molecular weight is 328 g/mol. The number of aliphatic hydroxyl groups excluding tert-OH is 1. The van der Waals surface area contributed by atoms with E-state index >= 15 is 0 Å². The van der Waals surface area contributed by atoms with E-state index in [2.05, 4.69) is 15.9 Å². The molecular formula is C14H12BrClO2. The Morgan fingerprint density at radius 2 is 1.89 bits per heavy atom. The second-order valence-corrected chi connectivity index (χ2v) is 5.08. The van der Waals surface area contributed by atoms with E-state index in [0.29, 0.717) is 22.9 Å². The van der Waals surface area contributed by atoms with Crippen molar-refractivity contribution in [2.75, 3.05) is 0 Å². The van der Waals surface area contributed by atoms with Gasteiger partial charge in [-0.25, -0.2) is 0 Å². The van der Waals surface area contributed by atoms with Gasteiger partial charge in [0.05, 0.1) is 6.61 Å². The van der Waals surface area contributed by atoms with Crippen LogP contribution in [0.25, 0.3) is 0 Å². The summed E-state index contributed by atoms with van der Waals surface area (Å²) in [4.78, 5) is 0. The minimum atomic E-state index is -0.0914. The lowest BCUT2D eigenvalue weighted by Crippen LogP contribution is -1.99. The molecule has 0 aliphatic heterocycles. The van der Waals surface area contributed by atoms with Crippen LogP contribution in [-0.4, -0.2) is 5.11 Å². The molecule has 0 amide bonds. The van der Waals surface area contributed by atoms with Crippen molar-refractivity contribution < 1.29 is 9.84 Å². The normalized spacial score (nSPS) is 10.4. The minimum Gasteiger partial charge on any atom is -0.488 e. The van der Waals surface area contributed by atoms with Crippen LogP contribution in [0.5, 0.6) is 5.75 Å². The van der Waals surface area contributed by atoms with E-state index in [4.69, 9.17) is 16.3 Å². The van der Waals surface area contributed by atoms with Crippen LogP contribution in [-0.2, 0) is 13.2 Å². The van der Waals surface area contributed by atoms with E-state index in [1.807, 2.05) is 24.3 Å². The molecule has 0 bridgehead atoms. The Labute approximate surface area is 119 Å². The lowest BCUT2D eigenvalue weighted by atomic mass is 10.2. The number of ether oxygens (including phenoxy) is 1. The second-order valence-electron chi connectivity index (χ2n) is 3.79. The number of hydrogen-bond donors (Lipinski definition) is 1. The molecule has 0 heterocycles. The summed E-state index contributed by atoms with van der Waals surface area (Å²) in [5, 5.41) is 9.84. The van der Waals surface area contributed by atoms with Gasteiger partial charge >= 0.3 is 0 Å². The first-order chi connectivity index (χ1) is 8.70. The summed E-state index contributed by atoms with van der Waals surface area (Å²) in [6, 6.07) is 13.1. The topological polar surface area (TPSA) is 29.5 Å². The van der Waals surface area contributed by atoms with Crippen LogP contribution in [0.4, 0.5) is 0 Å². The van der Waals surface area contributed by atoms with Gasteiger partial charge in [-0.15, -0.1) is 0 Å². The molecule has 0 aliphatic rings. The summed E-state index contributed by atoms with van der Waals surface area (Å²) < 4.78 is 6.71. The van der Waals surface area contributed by atoms with Gasteiger partial charge in [0, 0.05) is 20.6 Å². The summed E-state index contributed by atoms with van der Waals surface area (Å²) in [6.45, 7) is 0.349. The summed E-state index contributed by atoms with van der Waals surface area (Å²) in [6.07, 6.45) is 0. The lowest BCUT2D eigenvalue weighted by Gasteiger charge is -2.11. The molecule has 94 valence electrons. The highest BCUT2D eigenvalue weighted by Gasteiger charge is 2.05. The maximum Gasteiger partial charge on any atom is 0.125 e. The zero-order chi connectivity index (χ0) is 13.0. The van der Waals surface area contributed by atoms with E-state index < -0.39 is 0 Å². The van der Waals surface area contributed by atoms with Crippen molar-refractivity contribution in [1.29, 1.82) is 0 Å². The first-order valence-electron chi connectivity index (χ1n) is 5.46. The predicted octanol–water partition coefficient (Wildman–Crippen LogP) is 4.17. The Morgan fingerprint density at radius 1 is 1.11 bits per heavy atom. The van der Waals surface area contributed by atoms with E-state index in [1.165, 1.54) is 0 Å². The van der Waals surface area contributed by atoms with Gasteiger partial charge in [-0.1, -0.05) is 45.7 Å². The fraction of sp³-hybridized carbons (Fsp3) is 0.143. The van der Waals surface area contributed by atoms with Crippen LogP contribution in [0.3, 0.4) is 0 Å². The van der Waals surface area contributed by atoms with Gasteiger partial charge in [0.25, 0.3) is 0 Å². The van der Waals surface area contributed by atoms with Crippen molar-refractivity contribution >= 4 is 27.5 Å². The number of rotatable bonds is 4. The third kappa shape index (κ3) is 3.25. The van der Waals surface area contributed by atoms with Gasteiger partial charge in [0.1, 0.15) is 12.4 Å². The quantitative estimate of drug-likeness (QED) is 0.913. The van der Waals surface area contributed by atoms with Crippen LogP contribution < -0.4 is 4.74 Å². The largest absolute Gasteiger partial charge is 0.488 e. The van der Waals surface area contributed by atoms with E-state index in [9.17, 15) is 5.11 Å². The highest BCUT2D eigenvalue weighted by molar-refractivity contribution is 9.10. The molecule has 0 atom stereocenters. The molecule has 0 unspecified atom stereocenters. The molecule has 0 fully saturated rings. The van der Waals surface area contributed by atoms with Gasteiger partial charge in [0.2, 0.25) is 0 Å². The Bertz CT molecular complexity index is 543. The summed E-state index contributed by atoms with van der Waals surface area (Å²) >= 11 is 9.33. The summed E-state index contributed by atoms with van der Waals surface area (Å²) in [7, 11) is 0. The third-order valence-electron chi connectivity index (χ3n) is 2.53. The highest BCUT2D eigenvalue weighted by Crippen LogP contribution is 2.25. The molecule has 1 N–H and O–H groups in total. The van der Waals surface area contributed by atoms with Crippen LogP contribution in [0.1, 0.15) is 11.1 Å². The molecule has 2 aromatic rings. The van der Waals surface area contributed by atoms with Crippen molar-refractivity contribution in [3.63, 3.8) is 0 Å².